The Balaban J connectivity index is 1.84. The van der Waals surface area contributed by atoms with Crippen LogP contribution in [-0.2, 0) is 16.0 Å². The highest BCUT2D eigenvalue weighted by atomic mass is 16.2. The van der Waals surface area contributed by atoms with Crippen LogP contribution in [0.5, 0.6) is 0 Å². The molecule has 0 bridgehead atoms. The molecule has 136 valence electrons. The topological polar surface area (TPSA) is 110 Å². The predicted molar refractivity (Wildman–Crippen MR) is 96.6 cm³/mol. The zero-order valence-corrected chi connectivity index (χ0v) is 14.4. The maximum Gasteiger partial charge on any atom is 0.264 e. The number of carbonyl (C=O) groups excluding carboxylic acids is 4. The highest BCUT2D eigenvalue weighted by Crippen LogP contribution is 2.38. The second-order valence-corrected chi connectivity index (χ2v) is 6.79. The van der Waals surface area contributed by atoms with Crippen molar-refractivity contribution in [2.24, 2.45) is 0 Å². The lowest BCUT2D eigenvalue weighted by Gasteiger charge is -2.41. The summed E-state index contributed by atoms with van der Waals surface area (Å²) in [5.74, 6) is -2.23. The number of hydrogen-bond acceptors (Lipinski definition) is 5. The molecule has 1 fully saturated rings. The van der Waals surface area contributed by atoms with E-state index < -0.39 is 29.2 Å². The van der Waals surface area contributed by atoms with Crippen LogP contribution in [0, 0.1) is 0 Å². The molecule has 1 unspecified atom stereocenters. The minimum Gasteiger partial charge on any atom is -0.398 e. The maximum atomic E-state index is 13.1. The van der Waals surface area contributed by atoms with E-state index in [9.17, 15) is 19.2 Å². The number of amides is 4. The largest absolute Gasteiger partial charge is 0.398 e. The average molecular weight is 363 g/mol. The predicted octanol–water partition coefficient (Wildman–Crippen LogP) is 1.28. The number of hydrogen-bond donors (Lipinski definition) is 2. The number of benzene rings is 2. The highest BCUT2D eigenvalue weighted by Gasteiger charge is 2.55. The average Bonchev–Trinajstić information content (AvgIpc) is 2.91. The van der Waals surface area contributed by atoms with E-state index in [1.807, 2.05) is 30.3 Å². The van der Waals surface area contributed by atoms with E-state index in [0.717, 1.165) is 10.5 Å². The molecular weight excluding hydrogens is 346 g/mol. The summed E-state index contributed by atoms with van der Waals surface area (Å²) in [5, 5.41) is 2.29. The van der Waals surface area contributed by atoms with Gasteiger partial charge in [-0.3, -0.25) is 29.4 Å². The Kier molecular flexibility index (Phi) is 3.80. The van der Waals surface area contributed by atoms with Crippen molar-refractivity contribution in [3.8, 4) is 0 Å². The first-order valence-corrected chi connectivity index (χ1v) is 8.59. The Hall–Kier alpha value is -3.48. The fraction of sp³-hybridized carbons (Fsp3) is 0.200. The van der Waals surface area contributed by atoms with Gasteiger partial charge in [0.1, 0.15) is 5.54 Å². The second kappa shape index (κ2) is 6.05. The molecule has 2 aromatic carbocycles. The van der Waals surface area contributed by atoms with Crippen molar-refractivity contribution in [3.63, 3.8) is 0 Å². The highest BCUT2D eigenvalue weighted by molar-refractivity contribution is 6.26. The lowest BCUT2D eigenvalue weighted by Crippen LogP contribution is -2.65. The molecule has 1 atom stereocenters. The maximum absolute atomic E-state index is 13.1. The van der Waals surface area contributed by atoms with Crippen molar-refractivity contribution >= 4 is 29.3 Å². The van der Waals surface area contributed by atoms with Gasteiger partial charge < -0.3 is 5.73 Å². The Labute approximate surface area is 155 Å². The molecule has 2 heterocycles. The number of anilines is 1. The van der Waals surface area contributed by atoms with Crippen molar-refractivity contribution in [1.29, 1.82) is 0 Å². The van der Waals surface area contributed by atoms with Gasteiger partial charge in [-0.1, -0.05) is 36.4 Å². The van der Waals surface area contributed by atoms with Crippen LogP contribution in [0.1, 0.15) is 39.1 Å². The summed E-state index contributed by atoms with van der Waals surface area (Å²) in [6, 6.07) is 13.8. The first kappa shape index (κ1) is 17.0. The van der Waals surface area contributed by atoms with Crippen LogP contribution in [0.3, 0.4) is 0 Å². The molecule has 7 nitrogen and oxygen atoms in total. The third-order valence-corrected chi connectivity index (χ3v) is 5.16. The van der Waals surface area contributed by atoms with E-state index >= 15 is 0 Å². The first-order valence-electron chi connectivity index (χ1n) is 8.59. The SMILES string of the molecule is Nc1cccc2c1C(=O)N(C1(Cc3ccccc3)CCC(=O)NC1=O)C2=O. The molecule has 0 radical (unpaired) electrons. The van der Waals surface area contributed by atoms with Gasteiger partial charge in [0.2, 0.25) is 5.91 Å². The Morgan fingerprint density at radius 3 is 2.37 bits per heavy atom. The number of rotatable bonds is 3. The molecule has 2 aliphatic rings. The Morgan fingerprint density at radius 2 is 1.70 bits per heavy atom. The van der Waals surface area contributed by atoms with E-state index in [2.05, 4.69) is 5.32 Å². The van der Waals surface area contributed by atoms with Crippen molar-refractivity contribution in [2.45, 2.75) is 24.8 Å². The third kappa shape index (κ3) is 2.51. The zero-order chi connectivity index (χ0) is 19.2. The van der Waals surface area contributed by atoms with E-state index in [0.29, 0.717) is 0 Å². The van der Waals surface area contributed by atoms with Crippen LogP contribution in [0.2, 0.25) is 0 Å². The molecule has 0 spiro atoms. The van der Waals surface area contributed by atoms with Crippen LogP contribution in [0.15, 0.2) is 48.5 Å². The Bertz CT molecular complexity index is 986. The standard InChI is InChI=1S/C20H17N3O4/c21-14-8-4-7-13-16(14)18(26)23(17(13)25)20(10-9-15(24)22-19(20)27)11-12-5-2-1-3-6-12/h1-8H,9-11,21H2,(H,22,24,27). The van der Waals surface area contributed by atoms with Crippen molar-refractivity contribution in [2.75, 3.05) is 5.73 Å². The van der Waals surface area contributed by atoms with Crippen molar-refractivity contribution in [1.82, 2.24) is 10.2 Å². The summed E-state index contributed by atoms with van der Waals surface area (Å²) >= 11 is 0. The summed E-state index contributed by atoms with van der Waals surface area (Å²) in [6.45, 7) is 0. The summed E-state index contributed by atoms with van der Waals surface area (Å²) in [7, 11) is 0. The minimum absolute atomic E-state index is 0.0431. The number of carbonyl (C=O) groups is 4. The first-order chi connectivity index (χ1) is 12.9. The normalized spacial score (nSPS) is 22.0. The molecule has 27 heavy (non-hydrogen) atoms. The number of fused-ring (bicyclic) bond motifs is 1. The zero-order valence-electron chi connectivity index (χ0n) is 14.4. The van der Waals surface area contributed by atoms with E-state index in [-0.39, 0.29) is 36.1 Å². The molecule has 3 N–H and O–H groups in total. The minimum atomic E-state index is -1.48. The fourth-order valence-electron chi connectivity index (χ4n) is 3.83. The molecule has 2 aliphatic heterocycles. The van der Waals surface area contributed by atoms with Gasteiger partial charge in [-0.25, -0.2) is 0 Å². The number of nitrogens with two attached hydrogens (primary N) is 1. The van der Waals surface area contributed by atoms with Crippen molar-refractivity contribution < 1.29 is 19.2 Å². The van der Waals surface area contributed by atoms with E-state index in [1.54, 1.807) is 12.1 Å². The number of nitrogens with zero attached hydrogens (tertiary/aromatic N) is 1. The van der Waals surface area contributed by atoms with Gasteiger partial charge in [-0.15, -0.1) is 0 Å². The smallest absolute Gasteiger partial charge is 0.264 e. The van der Waals surface area contributed by atoms with Crippen molar-refractivity contribution in [3.05, 3.63) is 65.2 Å². The van der Waals surface area contributed by atoms with Crippen LogP contribution in [-0.4, -0.2) is 34.1 Å². The molecule has 0 saturated carbocycles. The third-order valence-electron chi connectivity index (χ3n) is 5.16. The Morgan fingerprint density at radius 1 is 0.963 bits per heavy atom. The molecule has 2 aromatic rings. The lowest BCUT2D eigenvalue weighted by atomic mass is 9.81. The summed E-state index contributed by atoms with van der Waals surface area (Å²) in [4.78, 5) is 51.8. The van der Waals surface area contributed by atoms with E-state index in [1.165, 1.54) is 6.07 Å². The van der Waals surface area contributed by atoms with Gasteiger partial charge >= 0.3 is 0 Å². The monoisotopic (exact) mass is 363 g/mol. The van der Waals surface area contributed by atoms with Gasteiger partial charge in [-0.2, -0.15) is 0 Å². The molecule has 0 aromatic heterocycles. The second-order valence-electron chi connectivity index (χ2n) is 6.79. The van der Waals surface area contributed by atoms with Crippen LogP contribution < -0.4 is 11.1 Å². The lowest BCUT2D eigenvalue weighted by molar-refractivity contribution is -0.141. The quantitative estimate of drug-likeness (QED) is 0.631. The molecule has 1 saturated heterocycles. The molecule has 4 rings (SSSR count). The van der Waals surface area contributed by atoms with Crippen LogP contribution in [0.4, 0.5) is 5.69 Å². The van der Waals surface area contributed by atoms with E-state index in [4.69, 9.17) is 5.73 Å². The van der Waals surface area contributed by atoms with Gasteiger partial charge in [0.25, 0.3) is 17.7 Å². The summed E-state index contributed by atoms with van der Waals surface area (Å²) in [6.07, 6.45) is 0.234. The van der Waals surface area contributed by atoms with Gasteiger partial charge in [0.05, 0.1) is 11.1 Å². The molecule has 0 aliphatic carbocycles. The fourth-order valence-corrected chi connectivity index (χ4v) is 3.83. The van der Waals surface area contributed by atoms with Gasteiger partial charge in [0, 0.05) is 18.5 Å². The summed E-state index contributed by atoms with van der Waals surface area (Å²) < 4.78 is 0. The number of imide groups is 2. The molecule has 4 amide bonds. The number of nitrogen functional groups attached to an aromatic ring is 1. The van der Waals surface area contributed by atoms with Crippen LogP contribution in [0.25, 0.3) is 0 Å². The van der Waals surface area contributed by atoms with Gasteiger partial charge in [0.15, 0.2) is 0 Å². The molecular formula is C20H17N3O4. The van der Waals surface area contributed by atoms with Gasteiger partial charge in [-0.05, 0) is 24.1 Å². The van der Waals surface area contributed by atoms with Crippen LogP contribution >= 0.6 is 0 Å². The number of piperidine rings is 1. The number of nitrogens with one attached hydrogen (secondary N) is 1. The summed E-state index contributed by atoms with van der Waals surface area (Å²) in [5.41, 5.74) is 5.70. The molecule has 7 heteroatoms.